The summed E-state index contributed by atoms with van der Waals surface area (Å²) >= 11 is 0. The molecule has 1 aliphatic carbocycles. The predicted molar refractivity (Wildman–Crippen MR) is 53.3 cm³/mol. The topological polar surface area (TPSA) is 20.2 Å². The van der Waals surface area contributed by atoms with Crippen LogP contribution in [0.4, 0.5) is 0 Å². The fourth-order valence-electron chi connectivity index (χ4n) is 1.31. The van der Waals surface area contributed by atoms with Crippen LogP contribution in [0.15, 0.2) is 42.5 Å². The predicted octanol–water partition coefficient (Wildman–Crippen LogP) is 2.69. The van der Waals surface area contributed by atoms with E-state index in [0.29, 0.717) is 0 Å². The second-order valence-corrected chi connectivity index (χ2v) is 3.58. The van der Waals surface area contributed by atoms with Gasteiger partial charge < -0.3 is 5.11 Å². The van der Waals surface area contributed by atoms with Gasteiger partial charge in [-0.1, -0.05) is 42.5 Å². The van der Waals surface area contributed by atoms with Crippen LogP contribution in [0, 0.1) is 5.92 Å². The van der Waals surface area contributed by atoms with Crippen molar-refractivity contribution in [3.05, 3.63) is 48.0 Å². The molecule has 1 fully saturated rings. The summed E-state index contributed by atoms with van der Waals surface area (Å²) in [6, 6.07) is 9.75. The van der Waals surface area contributed by atoms with Gasteiger partial charge in [-0.2, -0.15) is 0 Å². The second kappa shape index (κ2) is 3.75. The molecule has 0 unspecified atom stereocenters. The van der Waals surface area contributed by atoms with Gasteiger partial charge in [0.15, 0.2) is 0 Å². The van der Waals surface area contributed by atoms with E-state index >= 15 is 0 Å². The van der Waals surface area contributed by atoms with Crippen LogP contribution in [0.25, 0.3) is 0 Å². The zero-order valence-electron chi connectivity index (χ0n) is 7.56. The first-order chi connectivity index (χ1) is 6.36. The van der Waals surface area contributed by atoms with Crippen LogP contribution >= 0.6 is 0 Å². The smallest absolute Gasteiger partial charge is 0.0971 e. The van der Waals surface area contributed by atoms with E-state index in [2.05, 4.69) is 6.08 Å². The SMILES string of the molecule is O[C@@H](/C=C/C1CC1)c1ccccc1. The van der Waals surface area contributed by atoms with Gasteiger partial charge in [0, 0.05) is 0 Å². The highest BCUT2D eigenvalue weighted by Gasteiger charge is 2.17. The first kappa shape index (κ1) is 8.52. The summed E-state index contributed by atoms with van der Waals surface area (Å²) in [5, 5.41) is 9.71. The van der Waals surface area contributed by atoms with Crippen LogP contribution in [0.1, 0.15) is 24.5 Å². The van der Waals surface area contributed by atoms with Gasteiger partial charge in [0.05, 0.1) is 6.10 Å². The molecular weight excluding hydrogens is 160 g/mol. The van der Waals surface area contributed by atoms with Crippen molar-refractivity contribution >= 4 is 0 Å². The quantitative estimate of drug-likeness (QED) is 0.698. The number of rotatable bonds is 3. The van der Waals surface area contributed by atoms with Crippen LogP contribution in [0.5, 0.6) is 0 Å². The Balaban J connectivity index is 1.99. The van der Waals surface area contributed by atoms with Crippen molar-refractivity contribution in [1.29, 1.82) is 0 Å². The normalized spacial score (nSPS) is 19.2. The van der Waals surface area contributed by atoms with Crippen molar-refractivity contribution in [3.63, 3.8) is 0 Å². The molecule has 1 nitrogen and oxygen atoms in total. The summed E-state index contributed by atoms with van der Waals surface area (Å²) < 4.78 is 0. The molecular formula is C12H14O. The maximum atomic E-state index is 9.71. The van der Waals surface area contributed by atoms with Gasteiger partial charge in [-0.3, -0.25) is 0 Å². The van der Waals surface area contributed by atoms with E-state index in [9.17, 15) is 5.11 Å². The fraction of sp³-hybridized carbons (Fsp3) is 0.333. The highest BCUT2D eigenvalue weighted by Crippen LogP contribution is 2.31. The largest absolute Gasteiger partial charge is 0.384 e. The van der Waals surface area contributed by atoms with E-state index in [1.165, 1.54) is 12.8 Å². The van der Waals surface area contributed by atoms with Crippen LogP contribution in [0.3, 0.4) is 0 Å². The lowest BCUT2D eigenvalue weighted by Gasteiger charge is -2.04. The van der Waals surface area contributed by atoms with E-state index < -0.39 is 6.10 Å². The highest BCUT2D eigenvalue weighted by atomic mass is 16.3. The minimum Gasteiger partial charge on any atom is -0.384 e. The molecule has 1 atom stereocenters. The first-order valence-corrected chi connectivity index (χ1v) is 4.77. The molecule has 0 bridgehead atoms. The maximum Gasteiger partial charge on any atom is 0.0971 e. The van der Waals surface area contributed by atoms with E-state index in [-0.39, 0.29) is 0 Å². The lowest BCUT2D eigenvalue weighted by Crippen LogP contribution is -1.91. The standard InChI is InChI=1S/C12H14O/c13-12(9-8-10-6-7-10)11-4-2-1-3-5-11/h1-5,8-10,12-13H,6-7H2/b9-8+/t12-/m0/s1. The molecule has 13 heavy (non-hydrogen) atoms. The summed E-state index contributed by atoms with van der Waals surface area (Å²) in [4.78, 5) is 0. The molecule has 0 radical (unpaired) electrons. The molecule has 0 saturated heterocycles. The average Bonchev–Trinajstić information content (AvgIpc) is 2.99. The molecule has 68 valence electrons. The Morgan fingerprint density at radius 1 is 1.23 bits per heavy atom. The summed E-state index contributed by atoms with van der Waals surface area (Å²) in [5.74, 6) is 0.735. The minimum absolute atomic E-state index is 0.429. The highest BCUT2D eigenvalue weighted by molar-refractivity contribution is 5.21. The Hall–Kier alpha value is -1.08. The Morgan fingerprint density at radius 3 is 2.54 bits per heavy atom. The van der Waals surface area contributed by atoms with Gasteiger partial charge in [-0.05, 0) is 24.3 Å². The molecule has 1 N–H and O–H groups in total. The van der Waals surface area contributed by atoms with E-state index in [0.717, 1.165) is 11.5 Å². The van der Waals surface area contributed by atoms with E-state index in [4.69, 9.17) is 0 Å². The monoisotopic (exact) mass is 174 g/mol. The van der Waals surface area contributed by atoms with Crippen molar-refractivity contribution in [2.75, 3.05) is 0 Å². The number of hydrogen-bond donors (Lipinski definition) is 1. The average molecular weight is 174 g/mol. The van der Waals surface area contributed by atoms with Gasteiger partial charge in [0.25, 0.3) is 0 Å². The fourth-order valence-corrected chi connectivity index (χ4v) is 1.31. The van der Waals surface area contributed by atoms with Gasteiger partial charge in [-0.15, -0.1) is 0 Å². The molecule has 0 aliphatic heterocycles. The molecule has 1 aromatic carbocycles. The molecule has 0 amide bonds. The van der Waals surface area contributed by atoms with Crippen molar-refractivity contribution < 1.29 is 5.11 Å². The summed E-state index contributed by atoms with van der Waals surface area (Å²) in [5.41, 5.74) is 0.972. The molecule has 2 rings (SSSR count). The number of aliphatic hydroxyl groups excluding tert-OH is 1. The van der Waals surface area contributed by atoms with E-state index in [1.807, 2.05) is 36.4 Å². The van der Waals surface area contributed by atoms with Crippen LogP contribution in [0.2, 0.25) is 0 Å². The zero-order chi connectivity index (χ0) is 9.10. The number of aliphatic hydroxyl groups is 1. The number of hydrogen-bond acceptors (Lipinski definition) is 1. The third kappa shape index (κ3) is 2.43. The molecule has 0 aromatic heterocycles. The first-order valence-electron chi connectivity index (χ1n) is 4.77. The van der Waals surface area contributed by atoms with Crippen LogP contribution in [-0.2, 0) is 0 Å². The van der Waals surface area contributed by atoms with Crippen LogP contribution < -0.4 is 0 Å². The van der Waals surface area contributed by atoms with Gasteiger partial charge in [-0.25, -0.2) is 0 Å². The van der Waals surface area contributed by atoms with Gasteiger partial charge >= 0.3 is 0 Å². The van der Waals surface area contributed by atoms with E-state index in [1.54, 1.807) is 0 Å². The maximum absolute atomic E-state index is 9.71. The Bertz CT molecular complexity index is 285. The Morgan fingerprint density at radius 2 is 1.92 bits per heavy atom. The van der Waals surface area contributed by atoms with Crippen molar-refractivity contribution in [2.24, 2.45) is 5.92 Å². The molecule has 1 aliphatic rings. The summed E-state index contributed by atoms with van der Waals surface area (Å²) in [7, 11) is 0. The summed E-state index contributed by atoms with van der Waals surface area (Å²) in [6.45, 7) is 0. The van der Waals surface area contributed by atoms with Gasteiger partial charge in [0.2, 0.25) is 0 Å². The lowest BCUT2D eigenvalue weighted by molar-refractivity contribution is 0.228. The third-order valence-electron chi connectivity index (χ3n) is 2.33. The number of benzene rings is 1. The second-order valence-electron chi connectivity index (χ2n) is 3.58. The molecule has 1 heteroatoms. The van der Waals surface area contributed by atoms with Crippen LogP contribution in [-0.4, -0.2) is 5.11 Å². The van der Waals surface area contributed by atoms with Crippen molar-refractivity contribution in [1.82, 2.24) is 0 Å². The van der Waals surface area contributed by atoms with Crippen molar-refractivity contribution in [3.8, 4) is 0 Å². The third-order valence-corrected chi connectivity index (χ3v) is 2.33. The summed E-state index contributed by atoms with van der Waals surface area (Å²) in [6.07, 6.45) is 6.17. The Kier molecular flexibility index (Phi) is 2.46. The molecule has 1 saturated carbocycles. The van der Waals surface area contributed by atoms with Gasteiger partial charge in [0.1, 0.15) is 0 Å². The molecule has 1 aromatic rings. The zero-order valence-corrected chi connectivity index (χ0v) is 7.56. The lowest BCUT2D eigenvalue weighted by atomic mass is 10.1. The molecule has 0 spiro atoms. The Labute approximate surface area is 78.7 Å². The molecule has 0 heterocycles. The van der Waals surface area contributed by atoms with Crippen molar-refractivity contribution in [2.45, 2.75) is 18.9 Å². The minimum atomic E-state index is -0.429. The number of allylic oxidation sites excluding steroid dienone is 1.